The lowest BCUT2D eigenvalue weighted by Crippen LogP contribution is -2.23. The highest BCUT2D eigenvalue weighted by Crippen LogP contribution is 2.18. The monoisotopic (exact) mass is 209 g/mol. The van der Waals surface area contributed by atoms with E-state index in [1.54, 1.807) is 7.11 Å². The van der Waals surface area contributed by atoms with Gasteiger partial charge in [-0.05, 0) is 32.5 Å². The van der Waals surface area contributed by atoms with Gasteiger partial charge in [-0.2, -0.15) is 0 Å². The smallest absolute Gasteiger partial charge is 0.122 e. The molecule has 1 unspecified atom stereocenters. The molecule has 1 N–H and O–H groups in total. The average molecular weight is 209 g/mol. The van der Waals surface area contributed by atoms with Crippen LogP contribution in [0.5, 0.6) is 11.5 Å². The lowest BCUT2D eigenvalue weighted by Gasteiger charge is -2.11. The van der Waals surface area contributed by atoms with E-state index in [9.17, 15) is 0 Å². The van der Waals surface area contributed by atoms with Gasteiger partial charge >= 0.3 is 0 Å². The molecule has 1 aromatic carbocycles. The van der Waals surface area contributed by atoms with Crippen molar-refractivity contribution in [3.63, 3.8) is 0 Å². The number of hydrogen-bond donors (Lipinski definition) is 1. The fourth-order valence-corrected chi connectivity index (χ4v) is 1.19. The maximum atomic E-state index is 5.60. The summed E-state index contributed by atoms with van der Waals surface area (Å²) in [4.78, 5) is 0. The summed E-state index contributed by atoms with van der Waals surface area (Å²) in [6.07, 6.45) is 0.994. The second-order valence-corrected chi connectivity index (χ2v) is 3.51. The predicted octanol–water partition coefficient (Wildman–Crippen LogP) is 2.07. The van der Waals surface area contributed by atoms with Crippen LogP contribution in [0.2, 0.25) is 0 Å². The molecule has 3 nitrogen and oxygen atoms in total. The first-order chi connectivity index (χ1) is 7.26. The Bertz CT molecular complexity index is 289. The average Bonchev–Trinajstić information content (AvgIpc) is 2.29. The third kappa shape index (κ3) is 4.21. The molecule has 0 spiro atoms. The standard InChI is InChI=1S/C12H19NO2/c1-10(13-2)7-8-15-12-6-4-5-11(9-12)14-3/h4-6,9-10,13H,7-8H2,1-3H3. The molecule has 1 atom stereocenters. The third-order valence-corrected chi connectivity index (χ3v) is 2.35. The Kier molecular flexibility index (Phi) is 4.98. The van der Waals surface area contributed by atoms with Gasteiger partial charge in [-0.25, -0.2) is 0 Å². The molecule has 0 bridgehead atoms. The van der Waals surface area contributed by atoms with Crippen LogP contribution >= 0.6 is 0 Å². The quantitative estimate of drug-likeness (QED) is 0.778. The Morgan fingerprint density at radius 2 is 2.07 bits per heavy atom. The van der Waals surface area contributed by atoms with E-state index in [0.29, 0.717) is 6.04 Å². The molecule has 0 fully saturated rings. The molecular formula is C12H19NO2. The first kappa shape index (κ1) is 11.9. The number of hydrogen-bond acceptors (Lipinski definition) is 3. The van der Waals surface area contributed by atoms with Crippen LogP contribution in [0.3, 0.4) is 0 Å². The van der Waals surface area contributed by atoms with Crippen molar-refractivity contribution in [1.29, 1.82) is 0 Å². The van der Waals surface area contributed by atoms with Crippen LogP contribution in [0.1, 0.15) is 13.3 Å². The van der Waals surface area contributed by atoms with Crippen LogP contribution in [0.4, 0.5) is 0 Å². The Balaban J connectivity index is 2.37. The van der Waals surface area contributed by atoms with Crippen molar-refractivity contribution in [3.8, 4) is 11.5 Å². The van der Waals surface area contributed by atoms with Crippen LogP contribution in [0.25, 0.3) is 0 Å². The topological polar surface area (TPSA) is 30.5 Å². The second-order valence-electron chi connectivity index (χ2n) is 3.51. The highest BCUT2D eigenvalue weighted by Gasteiger charge is 1.99. The highest BCUT2D eigenvalue weighted by molar-refractivity contribution is 5.32. The summed E-state index contributed by atoms with van der Waals surface area (Å²) in [6.45, 7) is 2.85. The Labute approximate surface area is 91.4 Å². The Morgan fingerprint density at radius 1 is 1.33 bits per heavy atom. The second kappa shape index (κ2) is 6.30. The van der Waals surface area contributed by atoms with E-state index >= 15 is 0 Å². The highest BCUT2D eigenvalue weighted by atomic mass is 16.5. The SMILES string of the molecule is CNC(C)CCOc1cccc(OC)c1. The largest absolute Gasteiger partial charge is 0.497 e. The van der Waals surface area contributed by atoms with Crippen LogP contribution < -0.4 is 14.8 Å². The minimum Gasteiger partial charge on any atom is -0.497 e. The molecule has 0 aliphatic carbocycles. The van der Waals surface area contributed by atoms with Crippen molar-refractivity contribution in [3.05, 3.63) is 24.3 Å². The molecule has 0 aliphatic heterocycles. The fraction of sp³-hybridized carbons (Fsp3) is 0.500. The normalized spacial score (nSPS) is 12.2. The maximum absolute atomic E-state index is 5.60. The van der Waals surface area contributed by atoms with Gasteiger partial charge < -0.3 is 14.8 Å². The first-order valence-electron chi connectivity index (χ1n) is 5.20. The summed E-state index contributed by atoms with van der Waals surface area (Å²) in [7, 11) is 3.61. The summed E-state index contributed by atoms with van der Waals surface area (Å²) in [5.74, 6) is 1.69. The number of methoxy groups -OCH3 is 1. The summed E-state index contributed by atoms with van der Waals surface area (Å²) >= 11 is 0. The van der Waals surface area contributed by atoms with Gasteiger partial charge in [0.15, 0.2) is 0 Å². The van der Waals surface area contributed by atoms with E-state index in [4.69, 9.17) is 9.47 Å². The fourth-order valence-electron chi connectivity index (χ4n) is 1.19. The molecule has 0 amide bonds. The molecule has 1 rings (SSSR count). The van der Waals surface area contributed by atoms with Crippen LogP contribution in [0, 0.1) is 0 Å². The van der Waals surface area contributed by atoms with E-state index in [-0.39, 0.29) is 0 Å². The van der Waals surface area contributed by atoms with Crippen molar-refractivity contribution in [1.82, 2.24) is 5.32 Å². The van der Waals surface area contributed by atoms with E-state index in [1.165, 1.54) is 0 Å². The zero-order chi connectivity index (χ0) is 11.1. The van der Waals surface area contributed by atoms with Gasteiger partial charge in [0.1, 0.15) is 11.5 Å². The van der Waals surface area contributed by atoms with Gasteiger partial charge in [0.2, 0.25) is 0 Å². The van der Waals surface area contributed by atoms with Crippen LogP contribution in [-0.2, 0) is 0 Å². The summed E-state index contributed by atoms with van der Waals surface area (Å²) in [5.41, 5.74) is 0. The number of rotatable bonds is 6. The molecule has 0 aromatic heterocycles. The van der Waals surface area contributed by atoms with E-state index in [0.717, 1.165) is 24.5 Å². The molecule has 84 valence electrons. The zero-order valence-electron chi connectivity index (χ0n) is 9.62. The maximum Gasteiger partial charge on any atom is 0.122 e. The molecule has 0 saturated heterocycles. The molecule has 1 aromatic rings. The van der Waals surface area contributed by atoms with Crippen molar-refractivity contribution in [2.45, 2.75) is 19.4 Å². The number of ether oxygens (including phenoxy) is 2. The molecule has 0 aliphatic rings. The van der Waals surface area contributed by atoms with Gasteiger partial charge in [-0.1, -0.05) is 6.07 Å². The van der Waals surface area contributed by atoms with E-state index in [2.05, 4.69) is 12.2 Å². The molecule has 3 heteroatoms. The predicted molar refractivity (Wildman–Crippen MR) is 61.6 cm³/mol. The van der Waals surface area contributed by atoms with Crippen LogP contribution in [-0.4, -0.2) is 26.8 Å². The zero-order valence-corrected chi connectivity index (χ0v) is 9.62. The first-order valence-corrected chi connectivity index (χ1v) is 5.20. The lowest BCUT2D eigenvalue weighted by atomic mass is 10.2. The van der Waals surface area contributed by atoms with Crippen molar-refractivity contribution in [2.75, 3.05) is 20.8 Å². The number of benzene rings is 1. The minimum atomic E-state index is 0.482. The van der Waals surface area contributed by atoms with Gasteiger partial charge in [0.05, 0.1) is 13.7 Å². The van der Waals surface area contributed by atoms with Gasteiger partial charge in [-0.3, -0.25) is 0 Å². The van der Waals surface area contributed by atoms with E-state index in [1.807, 2.05) is 31.3 Å². The minimum absolute atomic E-state index is 0.482. The summed E-state index contributed by atoms with van der Waals surface area (Å²) in [6, 6.07) is 8.14. The molecule has 0 radical (unpaired) electrons. The molecule has 15 heavy (non-hydrogen) atoms. The molecular weight excluding hydrogens is 190 g/mol. The Hall–Kier alpha value is -1.22. The lowest BCUT2D eigenvalue weighted by molar-refractivity contribution is 0.291. The van der Waals surface area contributed by atoms with Gasteiger partial charge in [-0.15, -0.1) is 0 Å². The van der Waals surface area contributed by atoms with Crippen molar-refractivity contribution >= 4 is 0 Å². The van der Waals surface area contributed by atoms with Gasteiger partial charge in [0.25, 0.3) is 0 Å². The van der Waals surface area contributed by atoms with Gasteiger partial charge in [0, 0.05) is 12.1 Å². The summed E-state index contributed by atoms with van der Waals surface area (Å²) in [5, 5.41) is 3.17. The Morgan fingerprint density at radius 3 is 2.73 bits per heavy atom. The van der Waals surface area contributed by atoms with Crippen molar-refractivity contribution < 1.29 is 9.47 Å². The molecule has 0 saturated carbocycles. The van der Waals surface area contributed by atoms with Crippen LogP contribution in [0.15, 0.2) is 24.3 Å². The third-order valence-electron chi connectivity index (χ3n) is 2.35. The summed E-state index contributed by atoms with van der Waals surface area (Å²) < 4.78 is 10.7. The van der Waals surface area contributed by atoms with Crippen molar-refractivity contribution in [2.24, 2.45) is 0 Å². The molecule has 0 heterocycles. The number of nitrogens with one attached hydrogen (secondary N) is 1. The van der Waals surface area contributed by atoms with E-state index < -0.39 is 0 Å².